The van der Waals surface area contributed by atoms with Crippen LogP contribution in [0.3, 0.4) is 0 Å². The lowest BCUT2D eigenvalue weighted by molar-refractivity contribution is 0.476. The summed E-state index contributed by atoms with van der Waals surface area (Å²) < 4.78 is 11.2. The molecule has 1 aromatic heterocycles. The Morgan fingerprint density at radius 2 is 1.94 bits per heavy atom. The minimum atomic E-state index is 0.576. The van der Waals surface area contributed by atoms with Crippen molar-refractivity contribution in [3.8, 4) is 10.9 Å². The van der Waals surface area contributed by atoms with E-state index in [2.05, 4.69) is 39.1 Å². The van der Waals surface area contributed by atoms with Crippen LogP contribution in [0.5, 0.6) is 10.9 Å². The Bertz CT molecular complexity index is 569. The second kappa shape index (κ2) is 4.63. The van der Waals surface area contributed by atoms with E-state index >= 15 is 0 Å². The summed E-state index contributed by atoms with van der Waals surface area (Å²) in [5, 5.41) is 0.637. The van der Waals surface area contributed by atoms with Crippen LogP contribution in [0.4, 0.5) is 0 Å². The molecule has 5 heteroatoms. The molecule has 2 aromatic rings. The van der Waals surface area contributed by atoms with Crippen molar-refractivity contribution in [1.82, 2.24) is 9.36 Å². The van der Waals surface area contributed by atoms with Crippen molar-refractivity contribution >= 4 is 27.5 Å². The highest BCUT2D eigenvalue weighted by Crippen LogP contribution is 2.40. The van der Waals surface area contributed by atoms with Gasteiger partial charge in [-0.2, -0.15) is 9.36 Å². The van der Waals surface area contributed by atoms with Crippen molar-refractivity contribution in [1.29, 1.82) is 0 Å². The number of nitrogens with zero attached hydrogens (tertiary/aromatic N) is 2. The van der Waals surface area contributed by atoms with Crippen LogP contribution >= 0.6 is 27.5 Å². The molecule has 1 aliphatic rings. The number of hydrogen-bond acceptors (Lipinski definition) is 4. The predicted molar refractivity (Wildman–Crippen MR) is 75.6 cm³/mol. The zero-order chi connectivity index (χ0) is 12.7. The smallest absolute Gasteiger partial charge is 0.298 e. The maximum absolute atomic E-state index is 5.78. The zero-order valence-corrected chi connectivity index (χ0v) is 12.6. The van der Waals surface area contributed by atoms with Gasteiger partial charge in [-0.15, -0.1) is 0 Å². The minimum Gasteiger partial charge on any atom is -0.430 e. The Labute approximate surface area is 119 Å². The van der Waals surface area contributed by atoms with E-state index in [1.165, 1.54) is 24.4 Å². The quantitative estimate of drug-likeness (QED) is 0.828. The van der Waals surface area contributed by atoms with Crippen LogP contribution < -0.4 is 4.74 Å². The number of ether oxygens (including phenoxy) is 1. The van der Waals surface area contributed by atoms with E-state index < -0.39 is 0 Å². The standard InChI is InChI=1S/C13H13BrN2OS/c1-7-5-10(6-8(2)11(7)14)17-13-15-12(16-18-13)9-3-4-9/h5-6,9H,3-4H2,1-2H3. The first-order valence-electron chi connectivity index (χ1n) is 5.91. The molecule has 0 atom stereocenters. The molecule has 0 amide bonds. The SMILES string of the molecule is Cc1cc(Oc2nc(C3CC3)ns2)cc(C)c1Br. The van der Waals surface area contributed by atoms with E-state index in [1.54, 1.807) is 0 Å². The van der Waals surface area contributed by atoms with Gasteiger partial charge in [0.25, 0.3) is 5.19 Å². The molecule has 0 bridgehead atoms. The third kappa shape index (κ3) is 2.42. The molecule has 1 heterocycles. The molecular weight excluding hydrogens is 312 g/mol. The van der Waals surface area contributed by atoms with Gasteiger partial charge >= 0.3 is 0 Å². The van der Waals surface area contributed by atoms with Crippen LogP contribution in [-0.4, -0.2) is 9.36 Å². The maximum atomic E-state index is 5.78. The van der Waals surface area contributed by atoms with Gasteiger partial charge in [-0.25, -0.2) is 0 Å². The average molecular weight is 325 g/mol. The summed E-state index contributed by atoms with van der Waals surface area (Å²) in [5.41, 5.74) is 2.33. The van der Waals surface area contributed by atoms with Crippen molar-refractivity contribution in [2.24, 2.45) is 0 Å². The molecule has 18 heavy (non-hydrogen) atoms. The van der Waals surface area contributed by atoms with Gasteiger partial charge in [-0.3, -0.25) is 0 Å². The highest BCUT2D eigenvalue weighted by molar-refractivity contribution is 9.10. The lowest BCUT2D eigenvalue weighted by Gasteiger charge is -2.07. The third-order valence-electron chi connectivity index (χ3n) is 2.98. The molecular formula is C13H13BrN2OS. The van der Waals surface area contributed by atoms with Crippen LogP contribution in [0.15, 0.2) is 16.6 Å². The summed E-state index contributed by atoms with van der Waals surface area (Å²) in [5.74, 6) is 2.35. The first-order valence-corrected chi connectivity index (χ1v) is 7.48. The highest BCUT2D eigenvalue weighted by Gasteiger charge is 2.28. The topological polar surface area (TPSA) is 35.0 Å². The molecule has 0 aliphatic heterocycles. The first-order chi connectivity index (χ1) is 8.63. The second-order valence-corrected chi connectivity index (χ2v) is 6.17. The van der Waals surface area contributed by atoms with Crippen LogP contribution in [0, 0.1) is 13.8 Å². The third-order valence-corrected chi connectivity index (χ3v) is 4.84. The van der Waals surface area contributed by atoms with Crippen LogP contribution in [0.2, 0.25) is 0 Å². The Morgan fingerprint density at radius 1 is 1.28 bits per heavy atom. The number of benzene rings is 1. The summed E-state index contributed by atoms with van der Waals surface area (Å²) >= 11 is 4.88. The van der Waals surface area contributed by atoms with E-state index in [0.717, 1.165) is 27.2 Å². The van der Waals surface area contributed by atoms with Gasteiger partial charge in [0, 0.05) is 21.9 Å². The summed E-state index contributed by atoms with van der Waals surface area (Å²) in [7, 11) is 0. The first kappa shape index (κ1) is 12.1. The van der Waals surface area contributed by atoms with Gasteiger partial charge in [-0.05, 0) is 49.9 Å². The minimum absolute atomic E-state index is 0.576. The normalized spacial score (nSPS) is 14.8. The van der Waals surface area contributed by atoms with Crippen LogP contribution in [-0.2, 0) is 0 Å². The van der Waals surface area contributed by atoms with Crippen molar-refractivity contribution in [3.63, 3.8) is 0 Å². The highest BCUT2D eigenvalue weighted by atomic mass is 79.9. The Hall–Kier alpha value is -0.940. The van der Waals surface area contributed by atoms with Gasteiger partial charge in [0.05, 0.1) is 0 Å². The van der Waals surface area contributed by atoms with E-state index in [4.69, 9.17) is 4.74 Å². The fourth-order valence-corrected chi connectivity index (χ4v) is 2.69. The second-order valence-electron chi connectivity index (χ2n) is 4.67. The van der Waals surface area contributed by atoms with Crippen molar-refractivity contribution < 1.29 is 4.74 Å². The monoisotopic (exact) mass is 324 g/mol. The Balaban J connectivity index is 1.82. The maximum Gasteiger partial charge on any atom is 0.298 e. The van der Waals surface area contributed by atoms with Gasteiger partial charge in [0.1, 0.15) is 11.6 Å². The number of rotatable bonds is 3. The zero-order valence-electron chi connectivity index (χ0n) is 10.2. The molecule has 0 N–H and O–H groups in total. The fourth-order valence-electron chi connectivity index (χ4n) is 1.83. The molecule has 3 rings (SSSR count). The molecule has 94 valence electrons. The largest absolute Gasteiger partial charge is 0.430 e. The number of hydrogen-bond donors (Lipinski definition) is 0. The van der Waals surface area contributed by atoms with Crippen molar-refractivity contribution in [2.45, 2.75) is 32.6 Å². The molecule has 1 saturated carbocycles. The number of halogens is 1. The lowest BCUT2D eigenvalue weighted by Crippen LogP contribution is -1.88. The summed E-state index contributed by atoms with van der Waals surface area (Å²) in [4.78, 5) is 4.42. The number of aryl methyl sites for hydroxylation is 2. The summed E-state index contributed by atoms with van der Waals surface area (Å²) in [6.45, 7) is 4.11. The predicted octanol–water partition coefficient (Wildman–Crippen LogP) is 4.59. The van der Waals surface area contributed by atoms with Crippen molar-refractivity contribution in [2.75, 3.05) is 0 Å². The molecule has 0 unspecified atom stereocenters. The molecule has 0 saturated heterocycles. The number of aromatic nitrogens is 2. The van der Waals surface area contributed by atoms with E-state index in [9.17, 15) is 0 Å². The molecule has 1 aromatic carbocycles. The van der Waals surface area contributed by atoms with Gasteiger partial charge < -0.3 is 4.74 Å². The van der Waals surface area contributed by atoms with Gasteiger partial charge in [0.15, 0.2) is 0 Å². The van der Waals surface area contributed by atoms with E-state index in [0.29, 0.717) is 11.1 Å². The van der Waals surface area contributed by atoms with E-state index in [1.807, 2.05) is 12.1 Å². The van der Waals surface area contributed by atoms with E-state index in [-0.39, 0.29) is 0 Å². The average Bonchev–Trinajstić information content (AvgIpc) is 3.08. The van der Waals surface area contributed by atoms with Gasteiger partial charge in [0.2, 0.25) is 0 Å². The van der Waals surface area contributed by atoms with Crippen molar-refractivity contribution in [3.05, 3.63) is 33.6 Å². The van der Waals surface area contributed by atoms with Gasteiger partial charge in [-0.1, -0.05) is 15.9 Å². The molecule has 1 fully saturated rings. The Morgan fingerprint density at radius 3 is 2.56 bits per heavy atom. The molecule has 3 nitrogen and oxygen atoms in total. The fraction of sp³-hybridized carbons (Fsp3) is 0.385. The summed E-state index contributed by atoms with van der Waals surface area (Å²) in [6, 6.07) is 4.02. The molecule has 1 aliphatic carbocycles. The lowest BCUT2D eigenvalue weighted by atomic mass is 10.1. The Kier molecular flexibility index (Phi) is 3.11. The molecule has 0 spiro atoms. The van der Waals surface area contributed by atoms with Crippen LogP contribution in [0.1, 0.15) is 35.7 Å². The summed E-state index contributed by atoms with van der Waals surface area (Å²) in [6.07, 6.45) is 2.43. The van der Waals surface area contributed by atoms with Crippen LogP contribution in [0.25, 0.3) is 0 Å². The molecule has 0 radical (unpaired) electrons.